The Morgan fingerprint density at radius 2 is 1.87 bits per heavy atom. The molecular formula is C14H21N. The van der Waals surface area contributed by atoms with Crippen LogP contribution in [-0.4, -0.2) is 24.5 Å². The number of likely N-dealkylation sites (N-methyl/N-ethyl adjacent to an activating group) is 1. The molecule has 1 aromatic rings. The van der Waals surface area contributed by atoms with Crippen LogP contribution >= 0.6 is 0 Å². The number of likely N-dealkylation sites (tertiary alicyclic amines) is 1. The standard InChI is InChI=1S/C14H21N/c1-11(2)14-9-13(10-15(14)3)12-7-5-4-6-8-12/h4-8,11,13-14H,9-10H2,1-3H3. The number of nitrogens with zero attached hydrogens (tertiary/aromatic N) is 1. The van der Waals surface area contributed by atoms with Gasteiger partial charge in [0, 0.05) is 12.6 Å². The van der Waals surface area contributed by atoms with Crippen molar-refractivity contribution in [1.29, 1.82) is 0 Å². The first-order valence-electron chi connectivity index (χ1n) is 5.93. The van der Waals surface area contributed by atoms with E-state index in [9.17, 15) is 0 Å². The lowest BCUT2D eigenvalue weighted by Gasteiger charge is -2.22. The Balaban J connectivity index is 2.09. The molecule has 1 heteroatoms. The molecule has 15 heavy (non-hydrogen) atoms. The van der Waals surface area contributed by atoms with Crippen molar-refractivity contribution >= 4 is 0 Å². The molecule has 0 N–H and O–H groups in total. The van der Waals surface area contributed by atoms with Crippen molar-refractivity contribution in [2.75, 3.05) is 13.6 Å². The fourth-order valence-corrected chi connectivity index (χ4v) is 2.78. The first-order valence-corrected chi connectivity index (χ1v) is 5.93. The average Bonchev–Trinajstić information content (AvgIpc) is 2.62. The van der Waals surface area contributed by atoms with E-state index in [0.717, 1.165) is 17.9 Å². The average molecular weight is 203 g/mol. The van der Waals surface area contributed by atoms with Crippen LogP contribution in [0.25, 0.3) is 0 Å². The molecule has 0 radical (unpaired) electrons. The molecule has 1 fully saturated rings. The van der Waals surface area contributed by atoms with Crippen LogP contribution in [0.1, 0.15) is 31.7 Å². The van der Waals surface area contributed by atoms with Gasteiger partial charge >= 0.3 is 0 Å². The van der Waals surface area contributed by atoms with Crippen LogP contribution in [0.15, 0.2) is 30.3 Å². The summed E-state index contributed by atoms with van der Waals surface area (Å²) in [4.78, 5) is 2.52. The van der Waals surface area contributed by atoms with E-state index in [0.29, 0.717) is 0 Å². The van der Waals surface area contributed by atoms with Crippen LogP contribution in [0.5, 0.6) is 0 Å². The first kappa shape index (κ1) is 10.7. The molecule has 0 saturated carbocycles. The minimum absolute atomic E-state index is 0.739. The van der Waals surface area contributed by atoms with E-state index in [4.69, 9.17) is 0 Å². The third-order valence-corrected chi connectivity index (χ3v) is 3.64. The fraction of sp³-hybridized carbons (Fsp3) is 0.571. The minimum atomic E-state index is 0.739. The van der Waals surface area contributed by atoms with E-state index in [1.165, 1.54) is 18.5 Å². The predicted octanol–water partition coefficient (Wildman–Crippen LogP) is 3.13. The summed E-state index contributed by atoms with van der Waals surface area (Å²) >= 11 is 0. The zero-order valence-corrected chi connectivity index (χ0v) is 9.98. The quantitative estimate of drug-likeness (QED) is 0.714. The lowest BCUT2D eigenvalue weighted by Crippen LogP contribution is -2.29. The molecule has 1 saturated heterocycles. The maximum atomic E-state index is 2.52. The molecule has 82 valence electrons. The van der Waals surface area contributed by atoms with Crippen molar-refractivity contribution in [3.63, 3.8) is 0 Å². The molecule has 1 aliphatic heterocycles. The van der Waals surface area contributed by atoms with Crippen LogP contribution in [0.4, 0.5) is 0 Å². The Hall–Kier alpha value is -0.820. The summed E-state index contributed by atoms with van der Waals surface area (Å²) < 4.78 is 0. The number of hydrogen-bond donors (Lipinski definition) is 0. The third kappa shape index (κ3) is 2.23. The number of rotatable bonds is 2. The molecule has 2 atom stereocenters. The number of hydrogen-bond acceptors (Lipinski definition) is 1. The van der Waals surface area contributed by atoms with Crippen LogP contribution in [0.3, 0.4) is 0 Å². The predicted molar refractivity (Wildman–Crippen MR) is 65.1 cm³/mol. The van der Waals surface area contributed by atoms with Crippen molar-refractivity contribution in [3.8, 4) is 0 Å². The summed E-state index contributed by atoms with van der Waals surface area (Å²) in [6.45, 7) is 5.87. The van der Waals surface area contributed by atoms with E-state index >= 15 is 0 Å². The van der Waals surface area contributed by atoms with Gasteiger partial charge in [0.2, 0.25) is 0 Å². The van der Waals surface area contributed by atoms with E-state index < -0.39 is 0 Å². The van der Waals surface area contributed by atoms with Gasteiger partial charge in [-0.2, -0.15) is 0 Å². The van der Waals surface area contributed by atoms with Crippen molar-refractivity contribution < 1.29 is 0 Å². The Morgan fingerprint density at radius 1 is 1.20 bits per heavy atom. The van der Waals surface area contributed by atoms with E-state index in [-0.39, 0.29) is 0 Å². The molecule has 1 aliphatic rings. The molecular weight excluding hydrogens is 182 g/mol. The summed E-state index contributed by atoms with van der Waals surface area (Å²) in [5, 5.41) is 0. The monoisotopic (exact) mass is 203 g/mol. The van der Waals surface area contributed by atoms with Crippen LogP contribution in [-0.2, 0) is 0 Å². The van der Waals surface area contributed by atoms with E-state index in [1.54, 1.807) is 0 Å². The second-order valence-electron chi connectivity index (χ2n) is 5.09. The van der Waals surface area contributed by atoms with Gasteiger partial charge in [-0.1, -0.05) is 44.2 Å². The maximum Gasteiger partial charge on any atom is 0.0122 e. The van der Waals surface area contributed by atoms with Gasteiger partial charge in [0.15, 0.2) is 0 Å². The Bertz CT molecular complexity index is 304. The van der Waals surface area contributed by atoms with Gasteiger partial charge in [-0.15, -0.1) is 0 Å². The van der Waals surface area contributed by atoms with Gasteiger partial charge in [-0.05, 0) is 30.9 Å². The van der Waals surface area contributed by atoms with Crippen LogP contribution in [0, 0.1) is 5.92 Å². The Morgan fingerprint density at radius 3 is 2.40 bits per heavy atom. The summed E-state index contributed by atoms with van der Waals surface area (Å²) in [6, 6.07) is 11.7. The molecule has 1 nitrogen and oxygen atoms in total. The fourth-order valence-electron chi connectivity index (χ4n) is 2.78. The molecule has 0 spiro atoms. The highest BCUT2D eigenvalue weighted by Gasteiger charge is 2.31. The van der Waals surface area contributed by atoms with Crippen molar-refractivity contribution in [2.24, 2.45) is 5.92 Å². The van der Waals surface area contributed by atoms with Crippen LogP contribution < -0.4 is 0 Å². The Labute approximate surface area is 93.1 Å². The maximum absolute atomic E-state index is 2.52. The highest BCUT2D eigenvalue weighted by molar-refractivity contribution is 5.21. The topological polar surface area (TPSA) is 3.24 Å². The minimum Gasteiger partial charge on any atom is -0.303 e. The molecule has 0 bridgehead atoms. The smallest absolute Gasteiger partial charge is 0.0122 e. The third-order valence-electron chi connectivity index (χ3n) is 3.64. The molecule has 1 aromatic carbocycles. The lowest BCUT2D eigenvalue weighted by atomic mass is 9.93. The van der Waals surface area contributed by atoms with E-state index in [1.807, 2.05) is 0 Å². The number of benzene rings is 1. The first-order chi connectivity index (χ1) is 7.18. The Kier molecular flexibility index (Phi) is 3.11. The normalized spacial score (nSPS) is 27.5. The summed E-state index contributed by atoms with van der Waals surface area (Å²) in [5.41, 5.74) is 1.51. The van der Waals surface area contributed by atoms with Gasteiger partial charge in [-0.3, -0.25) is 0 Å². The second kappa shape index (κ2) is 4.36. The van der Waals surface area contributed by atoms with Gasteiger partial charge in [0.25, 0.3) is 0 Å². The summed E-state index contributed by atoms with van der Waals surface area (Å²) in [6.07, 6.45) is 1.32. The van der Waals surface area contributed by atoms with Gasteiger partial charge in [0.1, 0.15) is 0 Å². The molecule has 0 amide bonds. The molecule has 2 unspecified atom stereocenters. The lowest BCUT2D eigenvalue weighted by molar-refractivity contribution is 0.250. The van der Waals surface area contributed by atoms with Crippen LogP contribution in [0.2, 0.25) is 0 Å². The zero-order chi connectivity index (χ0) is 10.8. The summed E-state index contributed by atoms with van der Waals surface area (Å²) in [5.74, 6) is 1.51. The van der Waals surface area contributed by atoms with Gasteiger partial charge in [0.05, 0.1) is 0 Å². The molecule has 0 aliphatic carbocycles. The highest BCUT2D eigenvalue weighted by atomic mass is 15.2. The van der Waals surface area contributed by atoms with Gasteiger partial charge in [-0.25, -0.2) is 0 Å². The van der Waals surface area contributed by atoms with E-state index in [2.05, 4.69) is 56.1 Å². The zero-order valence-electron chi connectivity index (χ0n) is 9.98. The van der Waals surface area contributed by atoms with Gasteiger partial charge < -0.3 is 4.90 Å². The summed E-state index contributed by atoms with van der Waals surface area (Å²) in [7, 11) is 2.26. The molecule has 1 heterocycles. The second-order valence-corrected chi connectivity index (χ2v) is 5.09. The van der Waals surface area contributed by atoms with Crippen molar-refractivity contribution in [3.05, 3.63) is 35.9 Å². The molecule has 2 rings (SSSR count). The molecule has 0 aromatic heterocycles. The van der Waals surface area contributed by atoms with Crippen molar-refractivity contribution in [2.45, 2.75) is 32.2 Å². The SMILES string of the molecule is CC(C)C1CC(c2ccccc2)CN1C. The van der Waals surface area contributed by atoms with Crippen molar-refractivity contribution in [1.82, 2.24) is 4.90 Å². The largest absolute Gasteiger partial charge is 0.303 e. The highest BCUT2D eigenvalue weighted by Crippen LogP contribution is 2.33.